The molecule has 0 spiro atoms. The van der Waals surface area contributed by atoms with Gasteiger partial charge in [0.15, 0.2) is 0 Å². The van der Waals surface area contributed by atoms with Gasteiger partial charge in [-0.05, 0) is 71.0 Å². The number of hydrogen-bond donors (Lipinski definition) is 1. The monoisotopic (exact) mass is 669 g/mol. The van der Waals surface area contributed by atoms with Crippen molar-refractivity contribution in [3.05, 3.63) is 0 Å². The average Bonchev–Trinajstić information content (AvgIpc) is 3.06. The van der Waals surface area contributed by atoms with E-state index in [1.54, 1.807) is 0 Å². The van der Waals surface area contributed by atoms with E-state index in [-0.39, 0.29) is 30.4 Å². The molecular formula is C39H76N2O6. The largest absolute Gasteiger partial charge is 0.466 e. The molecule has 1 amide bonds. The van der Waals surface area contributed by atoms with Crippen LogP contribution in [-0.2, 0) is 28.6 Å². The summed E-state index contributed by atoms with van der Waals surface area (Å²) in [5.74, 6) is 0.00147. The van der Waals surface area contributed by atoms with Gasteiger partial charge in [-0.25, -0.2) is 0 Å². The first-order valence-electron chi connectivity index (χ1n) is 19.8. The van der Waals surface area contributed by atoms with Gasteiger partial charge >= 0.3 is 11.9 Å². The second kappa shape index (κ2) is 35.6. The predicted octanol–water partition coefficient (Wildman–Crippen LogP) is 9.18. The summed E-state index contributed by atoms with van der Waals surface area (Å²) >= 11 is 0. The van der Waals surface area contributed by atoms with Crippen LogP contribution in [0.2, 0.25) is 0 Å². The maximum absolute atomic E-state index is 12.6. The third kappa shape index (κ3) is 31.4. The van der Waals surface area contributed by atoms with Crippen LogP contribution >= 0.6 is 0 Å². The normalized spacial score (nSPS) is 11.9. The molecule has 0 rings (SSSR count). The van der Waals surface area contributed by atoms with Crippen molar-refractivity contribution >= 4 is 17.8 Å². The van der Waals surface area contributed by atoms with Gasteiger partial charge in [0.25, 0.3) is 0 Å². The predicted molar refractivity (Wildman–Crippen MR) is 195 cm³/mol. The van der Waals surface area contributed by atoms with Gasteiger partial charge in [0.1, 0.15) is 6.61 Å². The number of unbranched alkanes of at least 4 members (excludes halogenated alkanes) is 15. The van der Waals surface area contributed by atoms with Gasteiger partial charge in [-0.3, -0.25) is 14.4 Å². The Balaban J connectivity index is 4.19. The number of rotatable bonds is 36. The first kappa shape index (κ1) is 45.3. The summed E-state index contributed by atoms with van der Waals surface area (Å²) in [6.07, 6.45) is 26.0. The zero-order chi connectivity index (χ0) is 34.6. The highest BCUT2D eigenvalue weighted by atomic mass is 16.5. The van der Waals surface area contributed by atoms with Gasteiger partial charge in [0.05, 0.1) is 19.1 Å². The SMILES string of the molecule is CCCCCCCOC(=O)CCCCCCCN(CCCCCCCOC(=O)C(CCCC)CCCCC)CCCNC(=O)COC. The molecule has 47 heavy (non-hydrogen) atoms. The van der Waals surface area contributed by atoms with E-state index in [9.17, 15) is 14.4 Å². The summed E-state index contributed by atoms with van der Waals surface area (Å²) in [5.41, 5.74) is 0. The Morgan fingerprint density at radius 3 is 1.72 bits per heavy atom. The van der Waals surface area contributed by atoms with Gasteiger partial charge in [0, 0.05) is 20.1 Å². The molecule has 0 aromatic carbocycles. The quantitative estimate of drug-likeness (QED) is 0.0526. The van der Waals surface area contributed by atoms with Gasteiger partial charge in [-0.1, -0.05) is 117 Å². The first-order valence-corrected chi connectivity index (χ1v) is 19.8. The van der Waals surface area contributed by atoms with Gasteiger partial charge in [-0.15, -0.1) is 0 Å². The van der Waals surface area contributed by atoms with Crippen LogP contribution in [0, 0.1) is 5.92 Å². The summed E-state index contributed by atoms with van der Waals surface area (Å²) < 4.78 is 16.0. The van der Waals surface area contributed by atoms with E-state index < -0.39 is 0 Å². The second-order valence-corrected chi connectivity index (χ2v) is 13.4. The fourth-order valence-corrected chi connectivity index (χ4v) is 5.88. The molecular weight excluding hydrogens is 592 g/mol. The van der Waals surface area contributed by atoms with Crippen LogP contribution in [0.25, 0.3) is 0 Å². The lowest BCUT2D eigenvalue weighted by Crippen LogP contribution is -2.32. The van der Waals surface area contributed by atoms with E-state index in [1.807, 2.05) is 0 Å². The highest BCUT2D eigenvalue weighted by Crippen LogP contribution is 2.19. The number of methoxy groups -OCH3 is 1. The summed E-state index contributed by atoms with van der Waals surface area (Å²) in [4.78, 5) is 38.8. The van der Waals surface area contributed by atoms with Crippen LogP contribution in [-0.4, -0.2) is 75.9 Å². The lowest BCUT2D eigenvalue weighted by molar-refractivity contribution is -0.149. The molecule has 0 aliphatic carbocycles. The zero-order valence-corrected chi connectivity index (χ0v) is 31.4. The number of esters is 2. The van der Waals surface area contributed by atoms with Crippen LogP contribution in [0.3, 0.4) is 0 Å². The van der Waals surface area contributed by atoms with E-state index in [2.05, 4.69) is 31.0 Å². The minimum absolute atomic E-state index is 0.0228. The van der Waals surface area contributed by atoms with Crippen LogP contribution in [0.15, 0.2) is 0 Å². The van der Waals surface area contributed by atoms with E-state index in [0.717, 1.165) is 122 Å². The molecule has 0 aliphatic heterocycles. The first-order chi connectivity index (χ1) is 23.0. The molecule has 0 fully saturated rings. The molecule has 1 N–H and O–H groups in total. The van der Waals surface area contributed by atoms with Crippen LogP contribution in [0.4, 0.5) is 0 Å². The zero-order valence-electron chi connectivity index (χ0n) is 31.4. The fourth-order valence-electron chi connectivity index (χ4n) is 5.88. The summed E-state index contributed by atoms with van der Waals surface area (Å²) in [6, 6.07) is 0. The summed E-state index contributed by atoms with van der Waals surface area (Å²) in [7, 11) is 1.54. The van der Waals surface area contributed by atoms with E-state index in [0.29, 0.717) is 26.2 Å². The second-order valence-electron chi connectivity index (χ2n) is 13.4. The minimum Gasteiger partial charge on any atom is -0.466 e. The lowest BCUT2D eigenvalue weighted by atomic mass is 9.95. The van der Waals surface area contributed by atoms with Crippen molar-refractivity contribution < 1.29 is 28.6 Å². The van der Waals surface area contributed by atoms with Crippen LogP contribution in [0.5, 0.6) is 0 Å². The molecule has 0 saturated carbocycles. The Labute approximate surface area is 290 Å². The minimum atomic E-state index is -0.0615. The Kier molecular flexibility index (Phi) is 34.4. The molecule has 0 aromatic rings. The summed E-state index contributed by atoms with van der Waals surface area (Å²) in [5, 5.41) is 2.93. The molecule has 0 aromatic heterocycles. The van der Waals surface area contributed by atoms with Gasteiger partial charge < -0.3 is 24.4 Å². The number of nitrogens with zero attached hydrogens (tertiary/aromatic N) is 1. The maximum Gasteiger partial charge on any atom is 0.308 e. The molecule has 0 bridgehead atoms. The number of carbonyl (C=O) groups is 3. The molecule has 8 nitrogen and oxygen atoms in total. The highest BCUT2D eigenvalue weighted by molar-refractivity contribution is 5.77. The van der Waals surface area contributed by atoms with Crippen molar-refractivity contribution in [1.82, 2.24) is 10.2 Å². The van der Waals surface area contributed by atoms with Gasteiger partial charge in [0.2, 0.25) is 5.91 Å². The fraction of sp³-hybridized carbons (Fsp3) is 0.923. The number of hydrogen-bond acceptors (Lipinski definition) is 7. The molecule has 8 heteroatoms. The number of amides is 1. The van der Waals surface area contributed by atoms with Crippen molar-refractivity contribution in [1.29, 1.82) is 0 Å². The molecule has 1 atom stereocenters. The number of nitrogens with one attached hydrogen (secondary N) is 1. The van der Waals surface area contributed by atoms with Crippen molar-refractivity contribution in [2.24, 2.45) is 5.92 Å². The third-order valence-corrected chi connectivity index (χ3v) is 8.87. The van der Waals surface area contributed by atoms with Crippen LogP contribution in [0.1, 0.15) is 175 Å². The van der Waals surface area contributed by atoms with Crippen molar-refractivity contribution in [3.8, 4) is 0 Å². The van der Waals surface area contributed by atoms with Crippen molar-refractivity contribution in [2.45, 2.75) is 175 Å². The van der Waals surface area contributed by atoms with Gasteiger partial charge in [-0.2, -0.15) is 0 Å². The van der Waals surface area contributed by atoms with Crippen molar-refractivity contribution in [2.75, 3.05) is 53.1 Å². The summed E-state index contributed by atoms with van der Waals surface area (Å²) in [6.45, 7) is 11.6. The molecule has 0 saturated heterocycles. The van der Waals surface area contributed by atoms with E-state index in [4.69, 9.17) is 14.2 Å². The molecule has 1 unspecified atom stereocenters. The Morgan fingerprint density at radius 2 is 1.09 bits per heavy atom. The number of ether oxygens (including phenoxy) is 3. The molecule has 0 heterocycles. The third-order valence-electron chi connectivity index (χ3n) is 8.87. The topological polar surface area (TPSA) is 94.2 Å². The number of carbonyl (C=O) groups excluding carboxylic acids is 3. The van der Waals surface area contributed by atoms with Crippen molar-refractivity contribution in [3.63, 3.8) is 0 Å². The van der Waals surface area contributed by atoms with E-state index in [1.165, 1.54) is 52.1 Å². The molecule has 0 radical (unpaired) electrons. The molecule has 0 aliphatic rings. The van der Waals surface area contributed by atoms with E-state index >= 15 is 0 Å². The Bertz CT molecular complexity index is 720. The smallest absolute Gasteiger partial charge is 0.308 e. The molecule has 278 valence electrons. The standard InChI is InChI=1S/C39H76N2O6/c1-5-8-11-17-23-33-46-38(43)28-20-14-12-15-21-30-41(32-25-29-40-37(42)35-45-4)31-22-16-13-18-24-34-47-39(44)36(26-10-7-3)27-19-9-6-2/h36H,5-35H2,1-4H3,(H,40,42). The maximum atomic E-state index is 12.6. The lowest BCUT2D eigenvalue weighted by Gasteiger charge is -2.22. The van der Waals surface area contributed by atoms with Crippen LogP contribution < -0.4 is 5.32 Å². The Hall–Kier alpha value is -1.67. The Morgan fingerprint density at radius 1 is 0.574 bits per heavy atom. The highest BCUT2D eigenvalue weighted by Gasteiger charge is 2.19. The average molecular weight is 669 g/mol.